The Kier molecular flexibility index (Phi) is 2.41. The van der Waals surface area contributed by atoms with E-state index in [1.54, 1.807) is 0 Å². The topological polar surface area (TPSA) is 14.8 Å². The minimum absolute atomic E-state index is 0.518. The first-order valence-corrected chi connectivity index (χ1v) is 15.0. The van der Waals surface area contributed by atoms with Gasteiger partial charge in [-0.3, -0.25) is 0 Å². The van der Waals surface area contributed by atoms with Gasteiger partial charge in [0.1, 0.15) is 0 Å². The summed E-state index contributed by atoms with van der Waals surface area (Å²) in [5.74, 6) is 0. The van der Waals surface area contributed by atoms with Crippen molar-refractivity contribution in [3.05, 3.63) is 187 Å². The van der Waals surface area contributed by atoms with Crippen LogP contribution in [-0.2, 0) is 0 Å². The normalized spacial score (nSPS) is 20.4. The highest BCUT2D eigenvalue weighted by atomic mass is 15.0. The molecule has 0 saturated heterocycles. The SMILES string of the molecule is [2H]c1c([2H])c([2H])c(-c2c([2H])c([2H])c(-n3c4c([2H])c([2H])c([2H])c([2H])c4c4c(-n5c6c([2H])c([2H])c([2H])c([2H])c6c6c([2H])c([2H])c(-n7c8c([2H])c([2H])c([2H])c([2H])c8c8c([2H])c([2H])c([2H])c([2H])c87)c([2H])c65)c([2H])c([2H])c([2H])c43)c([2H])c2[2H])c([2H])c1[2H]. The molecule has 0 fully saturated rings. The average Bonchev–Trinajstić information content (AvgIpc) is 1.89. The molecule has 3 nitrogen and oxygen atoms in total. The molecule has 0 spiro atoms. The Bertz CT molecular complexity index is 4800. The molecule has 0 aliphatic heterocycles. The van der Waals surface area contributed by atoms with Crippen molar-refractivity contribution in [2.45, 2.75) is 0 Å². The van der Waals surface area contributed by atoms with E-state index in [-0.39, 0.29) is 0 Å². The van der Waals surface area contributed by atoms with Crippen LogP contribution in [0.1, 0.15) is 42.5 Å². The molecule has 3 heterocycles. The second kappa shape index (κ2) is 10.8. The van der Waals surface area contributed by atoms with E-state index >= 15 is 0 Å². The quantitative estimate of drug-likeness (QED) is 0.176. The second-order valence-electron chi connectivity index (χ2n) is 11.0. The molecule has 0 saturated carbocycles. The van der Waals surface area contributed by atoms with Gasteiger partial charge >= 0.3 is 0 Å². The molecule has 0 bridgehead atoms. The van der Waals surface area contributed by atoms with E-state index in [2.05, 4.69) is 0 Å². The van der Waals surface area contributed by atoms with E-state index in [0.29, 0.717) is 4.57 Å². The van der Waals surface area contributed by atoms with Gasteiger partial charge in [-0.05, 0) is 71.6 Å². The van der Waals surface area contributed by atoms with Crippen LogP contribution < -0.4 is 0 Å². The summed E-state index contributed by atoms with van der Waals surface area (Å²) in [6.45, 7) is 0. The fourth-order valence-electron chi connectivity index (χ4n) is 6.35. The standard InChI is InChI=1S/C48H31N3/c1-2-13-32(14-3-1)33-25-27-34(28-26-33)49-44-22-11-7-18-40(44)48-45(49)23-12-24-46(48)51-43-21-10-6-17-38(43)39-30-29-35(31-47(39)51)50-41-19-8-4-15-36(41)37-16-5-9-20-42(37)50/h1-31H/i1D,2D,3D,4D,5D,6D,7D,8D,9D,10D,11D,12D,13D,14D,15D,16D,17D,18D,19D,20D,21D,22D,23D,24D,25D,26D,27D,28D,29D,30D,31D. The van der Waals surface area contributed by atoms with Crippen LogP contribution in [0, 0.1) is 0 Å². The van der Waals surface area contributed by atoms with Crippen molar-refractivity contribution >= 4 is 65.4 Å². The highest BCUT2D eigenvalue weighted by molar-refractivity contribution is 6.17. The molecular formula is C48H31N3. The van der Waals surface area contributed by atoms with Crippen LogP contribution in [0.15, 0.2) is 187 Å². The van der Waals surface area contributed by atoms with E-state index in [1.165, 1.54) is 0 Å². The van der Waals surface area contributed by atoms with Crippen molar-refractivity contribution in [3.8, 4) is 28.2 Å². The van der Waals surface area contributed by atoms with Crippen molar-refractivity contribution < 1.29 is 42.5 Å². The largest absolute Gasteiger partial charge is 0.309 e. The first kappa shape index (κ1) is 11.3. The maximum atomic E-state index is 10.2. The van der Waals surface area contributed by atoms with Crippen LogP contribution in [0.25, 0.3) is 93.6 Å². The molecule has 0 unspecified atom stereocenters. The third-order valence-corrected chi connectivity index (χ3v) is 8.41. The van der Waals surface area contributed by atoms with Crippen LogP contribution in [0.4, 0.5) is 0 Å². The monoisotopic (exact) mass is 680 g/mol. The van der Waals surface area contributed by atoms with Gasteiger partial charge in [-0.15, -0.1) is 0 Å². The highest BCUT2D eigenvalue weighted by Crippen LogP contribution is 2.41. The van der Waals surface area contributed by atoms with E-state index < -0.39 is 281 Å². The predicted octanol–water partition coefficient (Wildman–Crippen LogP) is 12.6. The Morgan fingerprint density at radius 3 is 1.39 bits per heavy atom. The van der Waals surface area contributed by atoms with Crippen LogP contribution in [0.2, 0.25) is 0 Å². The molecule has 0 aliphatic rings. The molecule has 11 aromatic rings. The van der Waals surface area contributed by atoms with Gasteiger partial charge in [-0.1, -0.05) is 127 Å². The van der Waals surface area contributed by atoms with Gasteiger partial charge in [0.15, 0.2) is 0 Å². The molecule has 238 valence electrons. The molecule has 8 aromatic carbocycles. The molecule has 11 rings (SSSR count). The fraction of sp³-hybridized carbons (Fsp3) is 0. The zero-order chi connectivity index (χ0) is 60.4. The summed E-state index contributed by atoms with van der Waals surface area (Å²) < 4.78 is 283. The minimum Gasteiger partial charge on any atom is -0.309 e. The van der Waals surface area contributed by atoms with E-state index in [9.17, 15) is 19.2 Å². The molecule has 0 atom stereocenters. The average molecular weight is 681 g/mol. The molecule has 3 heteroatoms. The van der Waals surface area contributed by atoms with Gasteiger partial charge < -0.3 is 13.7 Å². The summed E-state index contributed by atoms with van der Waals surface area (Å²) in [5, 5.41) is -3.74. The lowest BCUT2D eigenvalue weighted by Gasteiger charge is -2.13. The summed E-state index contributed by atoms with van der Waals surface area (Å²) in [6.07, 6.45) is 0. The first-order chi connectivity index (χ1) is 38.2. The Morgan fingerprint density at radius 1 is 0.294 bits per heavy atom. The van der Waals surface area contributed by atoms with Gasteiger partial charge in [0.25, 0.3) is 0 Å². The summed E-state index contributed by atoms with van der Waals surface area (Å²) in [7, 11) is 0. The molecule has 0 radical (unpaired) electrons. The van der Waals surface area contributed by atoms with Crippen LogP contribution in [0.5, 0.6) is 0 Å². The molecule has 51 heavy (non-hydrogen) atoms. The zero-order valence-electron chi connectivity index (χ0n) is 56.3. The zero-order valence-corrected chi connectivity index (χ0v) is 25.3. The van der Waals surface area contributed by atoms with Crippen molar-refractivity contribution in [1.29, 1.82) is 0 Å². The maximum absolute atomic E-state index is 10.2. The van der Waals surface area contributed by atoms with Crippen LogP contribution >= 0.6 is 0 Å². The third kappa shape index (κ3) is 4.06. The summed E-state index contributed by atoms with van der Waals surface area (Å²) in [6, 6.07) is -29.9. The Morgan fingerprint density at radius 2 is 0.745 bits per heavy atom. The first-order valence-electron chi connectivity index (χ1n) is 30.5. The number of benzene rings is 8. The summed E-state index contributed by atoms with van der Waals surface area (Å²) in [5.41, 5.74) is -8.55. The Hall–Kier alpha value is -6.84. The van der Waals surface area contributed by atoms with Gasteiger partial charge in [0.05, 0.1) is 81.3 Å². The van der Waals surface area contributed by atoms with Crippen molar-refractivity contribution in [1.82, 2.24) is 13.7 Å². The van der Waals surface area contributed by atoms with E-state index in [0.717, 1.165) is 9.13 Å². The summed E-state index contributed by atoms with van der Waals surface area (Å²) in [4.78, 5) is 0. The van der Waals surface area contributed by atoms with Gasteiger partial charge in [0.2, 0.25) is 0 Å². The number of para-hydroxylation sites is 4. The maximum Gasteiger partial charge on any atom is 0.0667 e. The van der Waals surface area contributed by atoms with Crippen molar-refractivity contribution in [3.63, 3.8) is 0 Å². The summed E-state index contributed by atoms with van der Waals surface area (Å²) >= 11 is 0. The van der Waals surface area contributed by atoms with Gasteiger partial charge in [0, 0.05) is 43.7 Å². The number of rotatable bonds is 4. The molecule has 0 amide bonds. The molecular weight excluding hydrogens is 619 g/mol. The van der Waals surface area contributed by atoms with E-state index in [1.807, 2.05) is 0 Å². The molecule has 3 aromatic heterocycles. The smallest absolute Gasteiger partial charge is 0.0667 e. The van der Waals surface area contributed by atoms with Crippen molar-refractivity contribution in [2.75, 3.05) is 0 Å². The van der Waals surface area contributed by atoms with Crippen molar-refractivity contribution in [2.24, 2.45) is 0 Å². The Balaban J connectivity index is 1.43. The fourth-order valence-corrected chi connectivity index (χ4v) is 6.35. The molecule has 0 aliphatic carbocycles. The van der Waals surface area contributed by atoms with E-state index in [4.69, 9.17) is 23.3 Å². The minimum atomic E-state index is -1.12. The number of nitrogens with zero attached hydrogens (tertiary/aromatic N) is 3. The molecule has 0 N–H and O–H groups in total. The number of hydrogen-bond donors (Lipinski definition) is 0. The predicted molar refractivity (Wildman–Crippen MR) is 215 cm³/mol. The number of fused-ring (bicyclic) bond motifs is 9. The van der Waals surface area contributed by atoms with Gasteiger partial charge in [-0.2, -0.15) is 0 Å². The second-order valence-corrected chi connectivity index (χ2v) is 11.0. The van der Waals surface area contributed by atoms with Gasteiger partial charge in [-0.25, -0.2) is 0 Å². The number of hydrogen-bond acceptors (Lipinski definition) is 0. The number of aromatic nitrogens is 3. The Labute approximate surface area is 338 Å². The third-order valence-electron chi connectivity index (χ3n) is 8.41. The van der Waals surface area contributed by atoms with Crippen LogP contribution in [0.3, 0.4) is 0 Å². The lowest BCUT2D eigenvalue weighted by molar-refractivity contribution is 1.16. The highest BCUT2D eigenvalue weighted by Gasteiger charge is 2.20. The lowest BCUT2D eigenvalue weighted by Crippen LogP contribution is -1.98. The lowest BCUT2D eigenvalue weighted by atomic mass is 10.1. The van der Waals surface area contributed by atoms with Crippen LogP contribution in [-0.4, -0.2) is 13.7 Å².